The standard InChI is InChI=1S/C11H19F3N2/c1-8(9-2-3-9)15-10-4-5-16(6-10)7-11(12,13)14/h8-10,15H,2-7H2,1H3. The van der Waals surface area contributed by atoms with E-state index in [2.05, 4.69) is 12.2 Å². The highest BCUT2D eigenvalue weighted by molar-refractivity contribution is 4.89. The fraction of sp³-hybridized carbons (Fsp3) is 1.00. The molecule has 2 fully saturated rings. The maximum Gasteiger partial charge on any atom is 0.401 e. The molecule has 1 saturated heterocycles. The summed E-state index contributed by atoms with van der Waals surface area (Å²) in [5, 5.41) is 3.45. The molecule has 5 heteroatoms. The lowest BCUT2D eigenvalue weighted by Crippen LogP contribution is -2.41. The van der Waals surface area contributed by atoms with E-state index < -0.39 is 12.7 Å². The molecule has 0 radical (unpaired) electrons. The summed E-state index contributed by atoms with van der Waals surface area (Å²) >= 11 is 0. The molecule has 2 nitrogen and oxygen atoms in total. The van der Waals surface area contributed by atoms with Crippen molar-refractivity contribution in [3.63, 3.8) is 0 Å². The van der Waals surface area contributed by atoms with E-state index in [9.17, 15) is 13.2 Å². The number of nitrogens with one attached hydrogen (secondary N) is 1. The largest absolute Gasteiger partial charge is 0.401 e. The van der Waals surface area contributed by atoms with E-state index in [0.717, 1.165) is 12.3 Å². The second-order valence-electron chi connectivity index (χ2n) is 5.13. The Hall–Kier alpha value is -0.290. The van der Waals surface area contributed by atoms with Crippen LogP contribution >= 0.6 is 0 Å². The molecule has 0 amide bonds. The third-order valence-electron chi connectivity index (χ3n) is 3.50. The normalized spacial score (nSPS) is 29.6. The second kappa shape index (κ2) is 4.53. The van der Waals surface area contributed by atoms with Crippen molar-refractivity contribution in [1.29, 1.82) is 0 Å². The zero-order chi connectivity index (χ0) is 11.8. The molecule has 0 aromatic carbocycles. The van der Waals surface area contributed by atoms with Crippen molar-refractivity contribution < 1.29 is 13.2 Å². The van der Waals surface area contributed by atoms with E-state index >= 15 is 0 Å². The van der Waals surface area contributed by atoms with Crippen LogP contribution in [0, 0.1) is 5.92 Å². The fourth-order valence-electron chi connectivity index (χ4n) is 2.47. The van der Waals surface area contributed by atoms with Crippen LogP contribution in [0.1, 0.15) is 26.2 Å². The van der Waals surface area contributed by atoms with Crippen molar-refractivity contribution in [3.8, 4) is 0 Å². The molecule has 0 bridgehead atoms. The number of rotatable bonds is 4. The first-order valence-corrected chi connectivity index (χ1v) is 5.99. The van der Waals surface area contributed by atoms with Crippen molar-refractivity contribution in [3.05, 3.63) is 0 Å². The van der Waals surface area contributed by atoms with Gasteiger partial charge in [0.2, 0.25) is 0 Å². The average Bonchev–Trinajstić information content (AvgIpc) is 2.89. The Balaban J connectivity index is 1.70. The maximum atomic E-state index is 12.2. The number of alkyl halides is 3. The van der Waals surface area contributed by atoms with E-state index in [1.165, 1.54) is 17.7 Å². The summed E-state index contributed by atoms with van der Waals surface area (Å²) < 4.78 is 36.5. The quantitative estimate of drug-likeness (QED) is 0.803. The SMILES string of the molecule is CC(NC1CCN(CC(F)(F)F)C1)C1CC1. The zero-order valence-electron chi connectivity index (χ0n) is 9.56. The third kappa shape index (κ3) is 3.63. The van der Waals surface area contributed by atoms with Crippen LogP contribution in [-0.2, 0) is 0 Å². The summed E-state index contributed by atoms with van der Waals surface area (Å²) in [4.78, 5) is 1.50. The van der Waals surface area contributed by atoms with Crippen molar-refractivity contribution in [1.82, 2.24) is 10.2 Å². The van der Waals surface area contributed by atoms with Crippen LogP contribution < -0.4 is 5.32 Å². The summed E-state index contributed by atoms with van der Waals surface area (Å²) in [6.07, 6.45) is -0.676. The Labute approximate surface area is 94.2 Å². The first-order chi connectivity index (χ1) is 7.44. The van der Waals surface area contributed by atoms with Crippen LogP contribution in [0.3, 0.4) is 0 Å². The maximum absolute atomic E-state index is 12.2. The monoisotopic (exact) mass is 236 g/mol. The Bertz CT molecular complexity index is 238. The van der Waals surface area contributed by atoms with E-state index in [4.69, 9.17) is 0 Å². The summed E-state index contributed by atoms with van der Waals surface area (Å²) in [5.74, 6) is 0.761. The summed E-state index contributed by atoms with van der Waals surface area (Å²) in [5.41, 5.74) is 0. The Morgan fingerprint density at radius 2 is 2.00 bits per heavy atom. The van der Waals surface area contributed by atoms with Gasteiger partial charge in [0.1, 0.15) is 0 Å². The molecule has 1 aliphatic carbocycles. The molecule has 2 atom stereocenters. The third-order valence-corrected chi connectivity index (χ3v) is 3.50. The number of hydrogen-bond acceptors (Lipinski definition) is 2. The number of halogens is 3. The average molecular weight is 236 g/mol. The molecule has 16 heavy (non-hydrogen) atoms. The topological polar surface area (TPSA) is 15.3 Å². The lowest BCUT2D eigenvalue weighted by Gasteiger charge is -2.21. The number of nitrogens with zero attached hydrogens (tertiary/aromatic N) is 1. The summed E-state index contributed by atoms with van der Waals surface area (Å²) in [6.45, 7) is 2.48. The van der Waals surface area contributed by atoms with Crippen LogP contribution in [0.15, 0.2) is 0 Å². The highest BCUT2D eigenvalue weighted by atomic mass is 19.4. The van der Waals surface area contributed by atoms with Crippen LogP contribution in [0.5, 0.6) is 0 Å². The molecule has 1 heterocycles. The van der Waals surface area contributed by atoms with E-state index in [0.29, 0.717) is 19.1 Å². The number of likely N-dealkylation sites (tertiary alicyclic amines) is 1. The van der Waals surface area contributed by atoms with E-state index in [1.807, 2.05) is 0 Å². The molecular weight excluding hydrogens is 217 g/mol. The number of hydrogen-bond donors (Lipinski definition) is 1. The van der Waals surface area contributed by atoms with Gasteiger partial charge in [-0.2, -0.15) is 13.2 Å². The van der Waals surface area contributed by atoms with Crippen molar-refractivity contribution in [2.45, 2.75) is 44.4 Å². The molecule has 2 rings (SSSR count). The fourth-order valence-corrected chi connectivity index (χ4v) is 2.47. The van der Waals surface area contributed by atoms with Gasteiger partial charge in [0.25, 0.3) is 0 Å². The van der Waals surface area contributed by atoms with Gasteiger partial charge < -0.3 is 5.32 Å². The first-order valence-electron chi connectivity index (χ1n) is 5.99. The van der Waals surface area contributed by atoms with Gasteiger partial charge >= 0.3 is 6.18 Å². The van der Waals surface area contributed by atoms with Crippen molar-refractivity contribution in [2.75, 3.05) is 19.6 Å². The molecular formula is C11H19F3N2. The van der Waals surface area contributed by atoms with Gasteiger partial charge in [-0.15, -0.1) is 0 Å². The van der Waals surface area contributed by atoms with Gasteiger partial charge in [0.05, 0.1) is 6.54 Å². The van der Waals surface area contributed by atoms with Gasteiger partial charge in [-0.05, 0) is 32.1 Å². The predicted octanol–water partition coefficient (Wildman–Crippen LogP) is 2.01. The molecule has 1 aliphatic heterocycles. The van der Waals surface area contributed by atoms with Crippen LogP contribution in [0.4, 0.5) is 13.2 Å². The predicted molar refractivity (Wildman–Crippen MR) is 56.2 cm³/mol. The van der Waals surface area contributed by atoms with Gasteiger partial charge in [-0.25, -0.2) is 0 Å². The lowest BCUT2D eigenvalue weighted by molar-refractivity contribution is -0.143. The Kier molecular flexibility index (Phi) is 3.45. The minimum absolute atomic E-state index is 0.248. The summed E-state index contributed by atoms with van der Waals surface area (Å²) in [6, 6.07) is 0.716. The highest BCUT2D eigenvalue weighted by Gasteiger charge is 2.36. The minimum atomic E-state index is -4.06. The smallest absolute Gasteiger partial charge is 0.310 e. The van der Waals surface area contributed by atoms with Crippen LogP contribution in [0.25, 0.3) is 0 Å². The van der Waals surface area contributed by atoms with Gasteiger partial charge in [-0.1, -0.05) is 0 Å². The van der Waals surface area contributed by atoms with Gasteiger partial charge in [0, 0.05) is 25.2 Å². The minimum Gasteiger partial charge on any atom is -0.310 e. The van der Waals surface area contributed by atoms with E-state index in [-0.39, 0.29) is 6.04 Å². The molecule has 2 unspecified atom stereocenters. The molecule has 0 aromatic heterocycles. The molecule has 94 valence electrons. The molecule has 0 spiro atoms. The van der Waals surface area contributed by atoms with Crippen molar-refractivity contribution in [2.24, 2.45) is 5.92 Å². The van der Waals surface area contributed by atoms with Crippen LogP contribution in [0.2, 0.25) is 0 Å². The molecule has 2 aliphatic rings. The molecule has 0 aromatic rings. The zero-order valence-corrected chi connectivity index (χ0v) is 9.56. The van der Waals surface area contributed by atoms with Crippen LogP contribution in [-0.4, -0.2) is 42.8 Å². The van der Waals surface area contributed by atoms with Crippen molar-refractivity contribution >= 4 is 0 Å². The Morgan fingerprint density at radius 1 is 1.31 bits per heavy atom. The molecule has 1 saturated carbocycles. The van der Waals surface area contributed by atoms with Gasteiger partial charge in [0.15, 0.2) is 0 Å². The van der Waals surface area contributed by atoms with Gasteiger partial charge in [-0.3, -0.25) is 4.90 Å². The Morgan fingerprint density at radius 3 is 2.56 bits per heavy atom. The van der Waals surface area contributed by atoms with E-state index in [1.54, 1.807) is 0 Å². The molecule has 1 N–H and O–H groups in total. The lowest BCUT2D eigenvalue weighted by atomic mass is 10.1. The first kappa shape index (κ1) is 12.2. The highest BCUT2D eigenvalue weighted by Crippen LogP contribution is 2.33. The summed E-state index contributed by atoms with van der Waals surface area (Å²) in [7, 11) is 0. The second-order valence-corrected chi connectivity index (χ2v) is 5.13.